The maximum atomic E-state index is 2.64. The Hall–Kier alpha value is -0.820. The fourth-order valence-corrected chi connectivity index (χ4v) is 3.85. The van der Waals surface area contributed by atoms with Crippen LogP contribution < -0.4 is 0 Å². The van der Waals surface area contributed by atoms with Crippen LogP contribution in [0.25, 0.3) is 0 Å². The molecule has 98 valence electrons. The van der Waals surface area contributed by atoms with Gasteiger partial charge in [-0.25, -0.2) is 0 Å². The zero-order chi connectivity index (χ0) is 12.2. The van der Waals surface area contributed by atoms with E-state index in [0.717, 1.165) is 18.4 Å². The van der Waals surface area contributed by atoms with Crippen molar-refractivity contribution < 1.29 is 0 Å². The molecule has 0 amide bonds. The minimum atomic E-state index is 1.04. The quantitative estimate of drug-likeness (QED) is 0.773. The van der Waals surface area contributed by atoms with E-state index in [-0.39, 0.29) is 0 Å². The summed E-state index contributed by atoms with van der Waals surface area (Å²) in [4.78, 5) is 2.64. The molecule has 0 atom stereocenters. The molecule has 0 spiro atoms. The predicted octanol–water partition coefficient (Wildman–Crippen LogP) is 4.09. The highest BCUT2D eigenvalue weighted by Gasteiger charge is 2.28. The van der Waals surface area contributed by atoms with E-state index < -0.39 is 0 Å². The summed E-state index contributed by atoms with van der Waals surface area (Å²) in [5.74, 6) is 2.11. The third-order valence-electron chi connectivity index (χ3n) is 4.95. The maximum Gasteiger partial charge on any atom is 0.0233 e. The Labute approximate surface area is 111 Å². The highest BCUT2D eigenvalue weighted by Crippen LogP contribution is 2.36. The summed E-state index contributed by atoms with van der Waals surface area (Å²) in [6, 6.07) is 10.9. The SMILES string of the molecule is c1ccc(CN2CCC(C3CCCC3)CC2)cc1. The summed E-state index contributed by atoms with van der Waals surface area (Å²) in [6.45, 7) is 3.78. The number of benzene rings is 1. The molecule has 0 N–H and O–H groups in total. The van der Waals surface area contributed by atoms with Gasteiger partial charge in [-0.15, -0.1) is 0 Å². The van der Waals surface area contributed by atoms with Gasteiger partial charge in [0.05, 0.1) is 0 Å². The van der Waals surface area contributed by atoms with E-state index >= 15 is 0 Å². The molecule has 0 unspecified atom stereocenters. The van der Waals surface area contributed by atoms with E-state index in [1.807, 2.05) is 0 Å². The van der Waals surface area contributed by atoms with E-state index in [1.165, 1.54) is 57.2 Å². The maximum absolute atomic E-state index is 2.64. The summed E-state index contributed by atoms with van der Waals surface area (Å²) in [6.07, 6.45) is 8.91. The van der Waals surface area contributed by atoms with Gasteiger partial charge in [0, 0.05) is 6.54 Å². The van der Waals surface area contributed by atoms with Gasteiger partial charge in [0.25, 0.3) is 0 Å². The molecule has 1 aliphatic carbocycles. The second kappa shape index (κ2) is 5.88. The first-order chi connectivity index (χ1) is 8.92. The van der Waals surface area contributed by atoms with Gasteiger partial charge in [-0.1, -0.05) is 56.0 Å². The van der Waals surface area contributed by atoms with Gasteiger partial charge in [0.1, 0.15) is 0 Å². The molecule has 1 heteroatoms. The van der Waals surface area contributed by atoms with E-state index in [0.29, 0.717) is 0 Å². The van der Waals surface area contributed by atoms with E-state index in [1.54, 1.807) is 0 Å². The van der Waals surface area contributed by atoms with Crippen LogP contribution in [0, 0.1) is 11.8 Å². The predicted molar refractivity (Wildman–Crippen MR) is 76.4 cm³/mol. The van der Waals surface area contributed by atoms with Crippen molar-refractivity contribution in [1.82, 2.24) is 4.90 Å². The van der Waals surface area contributed by atoms with Gasteiger partial charge in [-0.3, -0.25) is 4.90 Å². The van der Waals surface area contributed by atoms with Crippen LogP contribution in [0.5, 0.6) is 0 Å². The highest BCUT2D eigenvalue weighted by molar-refractivity contribution is 5.14. The minimum absolute atomic E-state index is 1.04. The number of rotatable bonds is 3. The Balaban J connectivity index is 1.48. The van der Waals surface area contributed by atoms with E-state index in [4.69, 9.17) is 0 Å². The zero-order valence-electron chi connectivity index (χ0n) is 11.4. The molecule has 2 aliphatic rings. The van der Waals surface area contributed by atoms with Crippen molar-refractivity contribution in [3.8, 4) is 0 Å². The lowest BCUT2D eigenvalue weighted by Gasteiger charge is -2.34. The topological polar surface area (TPSA) is 3.24 Å². The Morgan fingerprint density at radius 2 is 1.44 bits per heavy atom. The molecule has 0 aromatic heterocycles. The molecule has 0 bridgehead atoms. The second-order valence-electron chi connectivity index (χ2n) is 6.14. The van der Waals surface area contributed by atoms with E-state index in [2.05, 4.69) is 35.2 Å². The fourth-order valence-electron chi connectivity index (χ4n) is 3.85. The van der Waals surface area contributed by atoms with Gasteiger partial charge in [0.2, 0.25) is 0 Å². The number of nitrogens with zero attached hydrogens (tertiary/aromatic N) is 1. The van der Waals surface area contributed by atoms with Crippen LogP contribution in [-0.2, 0) is 6.54 Å². The average molecular weight is 243 g/mol. The molecule has 1 heterocycles. The van der Waals surface area contributed by atoms with Gasteiger partial charge in [-0.05, 0) is 43.3 Å². The standard InChI is InChI=1S/C17H25N/c1-2-6-15(7-3-1)14-18-12-10-17(11-13-18)16-8-4-5-9-16/h1-3,6-7,16-17H,4-5,8-14H2. The molecule has 1 aliphatic heterocycles. The molecule has 2 fully saturated rings. The van der Waals surface area contributed by atoms with Crippen molar-refractivity contribution in [3.63, 3.8) is 0 Å². The van der Waals surface area contributed by atoms with Gasteiger partial charge in [-0.2, -0.15) is 0 Å². The minimum Gasteiger partial charge on any atom is -0.299 e. The van der Waals surface area contributed by atoms with Crippen LogP contribution in [0.1, 0.15) is 44.1 Å². The lowest BCUT2D eigenvalue weighted by Crippen LogP contribution is -2.35. The number of piperidine rings is 1. The lowest BCUT2D eigenvalue weighted by molar-refractivity contribution is 0.142. The number of likely N-dealkylation sites (tertiary alicyclic amines) is 1. The van der Waals surface area contributed by atoms with Crippen molar-refractivity contribution in [3.05, 3.63) is 35.9 Å². The van der Waals surface area contributed by atoms with Crippen molar-refractivity contribution in [2.24, 2.45) is 11.8 Å². The molecular formula is C17H25N. The van der Waals surface area contributed by atoms with Gasteiger partial charge < -0.3 is 0 Å². The lowest BCUT2D eigenvalue weighted by atomic mass is 9.83. The summed E-state index contributed by atoms with van der Waals surface area (Å²) < 4.78 is 0. The van der Waals surface area contributed by atoms with Crippen LogP contribution in [0.3, 0.4) is 0 Å². The Kier molecular flexibility index (Phi) is 3.99. The molecule has 3 rings (SSSR count). The van der Waals surface area contributed by atoms with Crippen LogP contribution in [0.4, 0.5) is 0 Å². The molecule has 1 aromatic rings. The van der Waals surface area contributed by atoms with Crippen molar-refractivity contribution >= 4 is 0 Å². The number of hydrogen-bond donors (Lipinski definition) is 0. The largest absolute Gasteiger partial charge is 0.299 e. The van der Waals surface area contributed by atoms with Crippen molar-refractivity contribution in [1.29, 1.82) is 0 Å². The van der Waals surface area contributed by atoms with Crippen LogP contribution in [-0.4, -0.2) is 18.0 Å². The second-order valence-corrected chi connectivity index (χ2v) is 6.14. The normalized spacial score (nSPS) is 23.6. The third-order valence-corrected chi connectivity index (χ3v) is 4.95. The summed E-state index contributed by atoms with van der Waals surface area (Å²) in [7, 11) is 0. The fraction of sp³-hybridized carbons (Fsp3) is 0.647. The molecule has 0 radical (unpaired) electrons. The Morgan fingerprint density at radius 3 is 2.11 bits per heavy atom. The monoisotopic (exact) mass is 243 g/mol. The summed E-state index contributed by atoms with van der Waals surface area (Å²) >= 11 is 0. The smallest absolute Gasteiger partial charge is 0.0233 e. The number of hydrogen-bond acceptors (Lipinski definition) is 1. The molecule has 18 heavy (non-hydrogen) atoms. The first-order valence-corrected chi connectivity index (χ1v) is 7.68. The van der Waals surface area contributed by atoms with Crippen LogP contribution in [0.2, 0.25) is 0 Å². The zero-order valence-corrected chi connectivity index (χ0v) is 11.4. The van der Waals surface area contributed by atoms with Crippen molar-refractivity contribution in [2.45, 2.75) is 45.1 Å². The molecule has 1 aromatic carbocycles. The first kappa shape index (κ1) is 12.2. The van der Waals surface area contributed by atoms with Gasteiger partial charge in [0.15, 0.2) is 0 Å². The molecule has 1 saturated heterocycles. The van der Waals surface area contributed by atoms with E-state index in [9.17, 15) is 0 Å². The van der Waals surface area contributed by atoms with Crippen LogP contribution in [0.15, 0.2) is 30.3 Å². The van der Waals surface area contributed by atoms with Gasteiger partial charge >= 0.3 is 0 Å². The molecule has 1 saturated carbocycles. The third kappa shape index (κ3) is 2.95. The first-order valence-electron chi connectivity index (χ1n) is 7.68. The Bertz CT molecular complexity index is 345. The average Bonchev–Trinajstić information content (AvgIpc) is 2.95. The molecule has 1 nitrogen and oxygen atoms in total. The Morgan fingerprint density at radius 1 is 0.833 bits per heavy atom. The molecular weight excluding hydrogens is 218 g/mol. The highest BCUT2D eigenvalue weighted by atomic mass is 15.1. The van der Waals surface area contributed by atoms with Crippen LogP contribution >= 0.6 is 0 Å². The summed E-state index contributed by atoms with van der Waals surface area (Å²) in [5, 5.41) is 0. The summed E-state index contributed by atoms with van der Waals surface area (Å²) in [5.41, 5.74) is 1.47. The van der Waals surface area contributed by atoms with Crippen molar-refractivity contribution in [2.75, 3.05) is 13.1 Å².